The fraction of sp³-hybridized carbons (Fsp3) is 0.684. The number of fused-ring (bicyclic) bond motifs is 1. The zero-order valence-corrected chi connectivity index (χ0v) is 21.2. The molecule has 0 spiro atoms. The molecule has 3 rings (SSSR count). The fourth-order valence-corrected chi connectivity index (χ4v) is 5.37. The summed E-state index contributed by atoms with van der Waals surface area (Å²) >= 11 is 2.54. The molecule has 1 aromatic rings. The molecule has 0 radical (unpaired) electrons. The van der Waals surface area contributed by atoms with E-state index in [-0.39, 0.29) is 23.6 Å². The van der Waals surface area contributed by atoms with Crippen LogP contribution in [0.25, 0.3) is 0 Å². The Balaban J connectivity index is 0.00000122. The number of alkyl carbamates (subject to hydrolysis) is 1. The normalized spacial score (nSPS) is 24.4. The number of carboxylic acid groups (broad SMARTS) is 1. The van der Waals surface area contributed by atoms with E-state index in [0.717, 1.165) is 0 Å². The first-order valence-electron chi connectivity index (χ1n) is 10.3. The van der Waals surface area contributed by atoms with Crippen LogP contribution >= 0.6 is 23.5 Å². The number of ether oxygens (including phenoxy) is 1. The molecule has 3 N–H and O–H groups in total. The molecular formula is C19H31N7O5S2. The Morgan fingerprint density at radius 3 is 2.64 bits per heavy atom. The number of aliphatic carboxylic acids is 1. The number of amides is 2. The summed E-state index contributed by atoms with van der Waals surface area (Å²) < 4.78 is 6.80. The van der Waals surface area contributed by atoms with Crippen molar-refractivity contribution >= 4 is 41.5 Å². The average molecular weight is 502 g/mol. The number of tetrazole rings is 1. The number of carbonyl (C=O) groups excluding carboxylic acids is 2. The van der Waals surface area contributed by atoms with Gasteiger partial charge in [-0.25, -0.2) is 9.48 Å². The largest absolute Gasteiger partial charge is 0.481 e. The molecule has 2 aliphatic heterocycles. The van der Waals surface area contributed by atoms with Crippen LogP contribution in [0.3, 0.4) is 0 Å². The minimum Gasteiger partial charge on any atom is -0.481 e. The predicted octanol–water partition coefficient (Wildman–Crippen LogP) is 1.01. The van der Waals surface area contributed by atoms with E-state index >= 15 is 0 Å². The number of hydrogen-bond donors (Lipinski definition) is 3. The number of aryl methyl sites for hydroxylation is 1. The number of rotatable bonds is 6. The highest BCUT2D eigenvalue weighted by Gasteiger charge is 2.57. The molecule has 2 fully saturated rings. The Bertz CT molecular complexity index is 888. The second-order valence-electron chi connectivity index (χ2n) is 8.45. The number of thioether (sulfide) groups is 2. The second-order valence-corrected chi connectivity index (χ2v) is 10.4. The molecule has 0 saturated carbocycles. The minimum absolute atomic E-state index is 0.0289. The molecule has 2 amide bonds. The zero-order chi connectivity index (χ0) is 24.8. The lowest BCUT2D eigenvalue weighted by Crippen LogP contribution is -2.73. The van der Waals surface area contributed by atoms with Crippen molar-refractivity contribution in [2.45, 2.75) is 56.4 Å². The highest BCUT2D eigenvalue weighted by molar-refractivity contribution is 8.02. The molecule has 2 saturated heterocycles. The van der Waals surface area contributed by atoms with Crippen molar-refractivity contribution in [3.63, 3.8) is 0 Å². The lowest BCUT2D eigenvalue weighted by molar-refractivity contribution is -0.154. The quantitative estimate of drug-likeness (QED) is 0.378. The maximum absolute atomic E-state index is 12.5. The first-order chi connectivity index (χ1) is 15.5. The van der Waals surface area contributed by atoms with Crippen LogP contribution in [-0.4, -0.2) is 91.6 Å². The summed E-state index contributed by atoms with van der Waals surface area (Å²) in [5.74, 6) is -1.07. The summed E-state index contributed by atoms with van der Waals surface area (Å²) in [6.07, 6.45) is 0.918. The van der Waals surface area contributed by atoms with Gasteiger partial charge < -0.3 is 25.4 Å². The first-order valence-corrected chi connectivity index (χ1v) is 12.2. The van der Waals surface area contributed by atoms with E-state index in [4.69, 9.17) is 4.74 Å². The number of carboxylic acids is 1. The van der Waals surface area contributed by atoms with Crippen LogP contribution in [0.5, 0.6) is 0 Å². The van der Waals surface area contributed by atoms with Crippen molar-refractivity contribution in [3.05, 3.63) is 11.5 Å². The van der Waals surface area contributed by atoms with E-state index in [1.165, 1.54) is 28.4 Å². The lowest BCUT2D eigenvalue weighted by atomic mass is 9.87. The topological polar surface area (TPSA) is 152 Å². The molecule has 3 atom stereocenters. The third-order valence-corrected chi connectivity index (χ3v) is 6.89. The van der Waals surface area contributed by atoms with E-state index in [0.29, 0.717) is 11.7 Å². The van der Waals surface area contributed by atoms with Gasteiger partial charge in [-0.15, -0.1) is 16.9 Å². The smallest absolute Gasteiger partial charge is 0.408 e. The van der Waals surface area contributed by atoms with E-state index < -0.39 is 29.1 Å². The predicted molar refractivity (Wildman–Crippen MR) is 125 cm³/mol. The van der Waals surface area contributed by atoms with Gasteiger partial charge in [-0.1, -0.05) is 17.8 Å². The Morgan fingerprint density at radius 2 is 2.06 bits per heavy atom. The number of β-lactam (4-membered cyclic amide) rings is 1. The summed E-state index contributed by atoms with van der Waals surface area (Å²) in [6, 6.07) is -0.718. The standard InChI is InChI=1S/C17H24N6O5S2.C2H7N/c1-5-23-14(19-20-21-23)29-7-6-17(13(25)26)8-22-11(24)10(12(22)30-9-17)18-15(27)28-16(2,3)4;1-3-2/h6-7,10,12H,5,8-9H2,1-4H3,(H,18,27)(H,25,26);3H,1-2H3/t10?,12-,17?;/m1./s1. The van der Waals surface area contributed by atoms with Gasteiger partial charge in [0.15, 0.2) is 0 Å². The highest BCUT2D eigenvalue weighted by atomic mass is 32.2. The maximum atomic E-state index is 12.5. The molecule has 12 nitrogen and oxygen atoms in total. The number of hydrogen-bond acceptors (Lipinski definition) is 10. The van der Waals surface area contributed by atoms with Gasteiger partial charge >= 0.3 is 12.1 Å². The highest BCUT2D eigenvalue weighted by Crippen LogP contribution is 2.43. The summed E-state index contributed by atoms with van der Waals surface area (Å²) in [6.45, 7) is 7.74. The van der Waals surface area contributed by atoms with Crippen LogP contribution in [0, 0.1) is 5.41 Å². The van der Waals surface area contributed by atoms with Gasteiger partial charge in [0.25, 0.3) is 0 Å². The number of nitrogens with one attached hydrogen (secondary N) is 2. The van der Waals surface area contributed by atoms with E-state index in [9.17, 15) is 19.5 Å². The summed E-state index contributed by atoms with van der Waals surface area (Å²) in [5.41, 5.74) is -1.90. The van der Waals surface area contributed by atoms with Crippen LogP contribution in [-0.2, 0) is 20.9 Å². The van der Waals surface area contributed by atoms with Crippen molar-refractivity contribution in [1.29, 1.82) is 0 Å². The van der Waals surface area contributed by atoms with Crippen molar-refractivity contribution in [2.24, 2.45) is 5.41 Å². The lowest BCUT2D eigenvalue weighted by Gasteiger charge is -2.53. The Labute approximate surface area is 201 Å². The second kappa shape index (κ2) is 11.2. The van der Waals surface area contributed by atoms with Gasteiger partial charge in [0, 0.05) is 18.8 Å². The monoisotopic (exact) mass is 501 g/mol. The summed E-state index contributed by atoms with van der Waals surface area (Å²) in [7, 11) is 3.75. The number of aromatic nitrogens is 4. The van der Waals surface area contributed by atoms with Crippen molar-refractivity contribution < 1.29 is 24.2 Å². The number of carbonyl (C=O) groups is 3. The molecule has 0 aromatic carbocycles. The first kappa shape index (κ1) is 26.9. The average Bonchev–Trinajstić information content (AvgIpc) is 3.18. The van der Waals surface area contributed by atoms with Gasteiger partial charge in [-0.2, -0.15) is 0 Å². The van der Waals surface area contributed by atoms with Gasteiger partial charge in [0.05, 0.1) is 0 Å². The molecule has 184 valence electrons. The molecule has 0 aliphatic carbocycles. The van der Waals surface area contributed by atoms with Crippen molar-refractivity contribution in [1.82, 2.24) is 35.7 Å². The van der Waals surface area contributed by atoms with Crippen molar-refractivity contribution in [3.8, 4) is 0 Å². The fourth-order valence-electron chi connectivity index (χ4n) is 3.04. The molecule has 33 heavy (non-hydrogen) atoms. The SMILES string of the molecule is CCn1nnnc1SC=CC1(C(=O)O)CS[C@@H]2C(NC(=O)OC(C)(C)C)C(=O)N2C1.CNC. The van der Waals surface area contributed by atoms with Crippen molar-refractivity contribution in [2.75, 3.05) is 26.4 Å². The Morgan fingerprint density at radius 1 is 1.39 bits per heavy atom. The van der Waals surface area contributed by atoms with Crippen LogP contribution in [0.2, 0.25) is 0 Å². The van der Waals surface area contributed by atoms with E-state index in [1.54, 1.807) is 36.9 Å². The van der Waals surface area contributed by atoms with Gasteiger partial charge in [0.2, 0.25) is 11.1 Å². The minimum atomic E-state index is -1.23. The Hall–Kier alpha value is -2.32. The summed E-state index contributed by atoms with van der Waals surface area (Å²) in [5, 5.41) is 28.4. The molecular weight excluding hydrogens is 470 g/mol. The van der Waals surface area contributed by atoms with Crippen LogP contribution in [0.4, 0.5) is 4.79 Å². The van der Waals surface area contributed by atoms with Crippen LogP contribution < -0.4 is 10.6 Å². The third-order valence-electron chi connectivity index (χ3n) is 4.56. The number of nitrogens with zero attached hydrogens (tertiary/aromatic N) is 5. The van der Waals surface area contributed by atoms with Crippen LogP contribution in [0.1, 0.15) is 27.7 Å². The van der Waals surface area contributed by atoms with Gasteiger partial charge in [-0.3, -0.25) is 9.59 Å². The van der Waals surface area contributed by atoms with E-state index in [1.807, 2.05) is 21.0 Å². The van der Waals surface area contributed by atoms with E-state index in [2.05, 4.69) is 26.2 Å². The Kier molecular flexibility index (Phi) is 9.14. The molecule has 1 aromatic heterocycles. The third kappa shape index (κ3) is 6.60. The molecule has 14 heteroatoms. The molecule has 3 heterocycles. The summed E-state index contributed by atoms with van der Waals surface area (Å²) in [4.78, 5) is 38.1. The van der Waals surface area contributed by atoms with Gasteiger partial charge in [-0.05, 0) is 57.6 Å². The molecule has 2 unspecified atom stereocenters. The molecule has 0 bridgehead atoms. The maximum Gasteiger partial charge on any atom is 0.408 e. The zero-order valence-electron chi connectivity index (χ0n) is 19.6. The molecule has 2 aliphatic rings. The van der Waals surface area contributed by atoms with Crippen LogP contribution in [0.15, 0.2) is 16.6 Å². The van der Waals surface area contributed by atoms with Gasteiger partial charge in [0.1, 0.15) is 22.4 Å².